The molecular weight excluding hydrogens is 244 g/mol. The average Bonchev–Trinajstić information content (AvgIpc) is 2.36. The van der Waals surface area contributed by atoms with Crippen molar-refractivity contribution >= 4 is 17.5 Å². The molecule has 98 valence electrons. The first-order valence-corrected chi connectivity index (χ1v) is 4.89. The number of methoxy groups -OCH3 is 2. The summed E-state index contributed by atoms with van der Waals surface area (Å²) < 4.78 is 9.26. The fourth-order valence-corrected chi connectivity index (χ4v) is 1.22. The zero-order valence-electron chi connectivity index (χ0n) is 10.0. The van der Waals surface area contributed by atoms with Crippen LogP contribution in [0.5, 0.6) is 5.88 Å². The molecule has 1 unspecified atom stereocenters. The third-order valence-electron chi connectivity index (χ3n) is 2.07. The Hall–Kier alpha value is -2.45. The Morgan fingerprint density at radius 1 is 1.50 bits per heavy atom. The number of rotatable bonds is 5. The molecule has 1 heterocycles. The molecule has 0 aliphatic carbocycles. The van der Waals surface area contributed by atoms with Crippen LogP contribution in [0, 0.1) is 10.1 Å². The van der Waals surface area contributed by atoms with Crippen LogP contribution < -0.4 is 10.1 Å². The maximum atomic E-state index is 11.2. The largest absolute Gasteiger partial charge is 0.476 e. The maximum Gasteiger partial charge on any atom is 0.372 e. The van der Waals surface area contributed by atoms with E-state index in [1.807, 2.05) is 0 Å². The minimum Gasteiger partial charge on any atom is -0.476 e. The highest BCUT2D eigenvalue weighted by Gasteiger charge is 2.26. The summed E-state index contributed by atoms with van der Waals surface area (Å²) >= 11 is 0. The fraction of sp³-hybridized carbons (Fsp3) is 0.444. The molecule has 0 aromatic carbocycles. The average molecular weight is 256 g/mol. The molecule has 1 rings (SSSR count). The molecule has 0 aliphatic rings. The smallest absolute Gasteiger partial charge is 0.372 e. The molecule has 0 saturated heterocycles. The molecule has 1 aromatic heterocycles. The van der Waals surface area contributed by atoms with Gasteiger partial charge in [0.15, 0.2) is 0 Å². The number of hydrogen-bond acceptors (Lipinski definition) is 8. The summed E-state index contributed by atoms with van der Waals surface area (Å²) in [6.45, 7) is 1.49. The number of carbonyl (C=O) groups excluding carboxylic acids is 1. The Morgan fingerprint density at radius 2 is 2.17 bits per heavy atom. The first-order chi connectivity index (χ1) is 8.51. The van der Waals surface area contributed by atoms with Gasteiger partial charge in [-0.3, -0.25) is 10.1 Å². The van der Waals surface area contributed by atoms with Gasteiger partial charge in [-0.15, -0.1) is 0 Å². The Bertz CT molecular complexity index is 464. The van der Waals surface area contributed by atoms with Crippen LogP contribution >= 0.6 is 0 Å². The summed E-state index contributed by atoms with van der Waals surface area (Å²) in [5.41, 5.74) is -0.434. The van der Waals surface area contributed by atoms with Crippen LogP contribution in [0.4, 0.5) is 11.5 Å². The van der Waals surface area contributed by atoms with Crippen LogP contribution in [-0.4, -0.2) is 41.1 Å². The zero-order chi connectivity index (χ0) is 13.7. The second-order valence-electron chi connectivity index (χ2n) is 3.23. The summed E-state index contributed by atoms with van der Waals surface area (Å²) in [6.07, 6.45) is 1.10. The number of nitrogens with zero attached hydrogens (tertiary/aromatic N) is 3. The van der Waals surface area contributed by atoms with E-state index in [4.69, 9.17) is 4.74 Å². The van der Waals surface area contributed by atoms with Gasteiger partial charge in [0, 0.05) is 0 Å². The van der Waals surface area contributed by atoms with E-state index in [1.165, 1.54) is 21.1 Å². The first kappa shape index (κ1) is 13.6. The van der Waals surface area contributed by atoms with E-state index in [0.717, 1.165) is 6.33 Å². The normalized spacial score (nSPS) is 11.5. The second kappa shape index (κ2) is 5.75. The van der Waals surface area contributed by atoms with E-state index in [2.05, 4.69) is 20.0 Å². The Labute approximate surface area is 102 Å². The van der Waals surface area contributed by atoms with Crippen molar-refractivity contribution in [3.05, 3.63) is 16.4 Å². The minimum absolute atomic E-state index is 0.107. The highest BCUT2D eigenvalue weighted by molar-refractivity contribution is 5.79. The molecule has 0 amide bonds. The van der Waals surface area contributed by atoms with Crippen molar-refractivity contribution in [3.8, 4) is 5.88 Å². The predicted molar refractivity (Wildman–Crippen MR) is 60.3 cm³/mol. The molecule has 1 aromatic rings. The summed E-state index contributed by atoms with van der Waals surface area (Å²) in [7, 11) is 2.47. The van der Waals surface area contributed by atoms with E-state index < -0.39 is 22.6 Å². The molecule has 1 N–H and O–H groups in total. The molecule has 9 nitrogen and oxygen atoms in total. The molecule has 1 atom stereocenters. The van der Waals surface area contributed by atoms with Crippen LogP contribution in [-0.2, 0) is 9.53 Å². The van der Waals surface area contributed by atoms with E-state index in [9.17, 15) is 14.9 Å². The number of hydrogen-bond donors (Lipinski definition) is 1. The number of anilines is 1. The Balaban J connectivity index is 3.09. The maximum absolute atomic E-state index is 11.2. The van der Waals surface area contributed by atoms with Crippen molar-refractivity contribution in [3.63, 3.8) is 0 Å². The van der Waals surface area contributed by atoms with E-state index >= 15 is 0 Å². The van der Waals surface area contributed by atoms with E-state index in [1.54, 1.807) is 0 Å². The standard InChI is InChI=1S/C9H12N4O5/c1-5(9(14)18-3)12-7-6(13(15)16)8(17-2)11-4-10-7/h4-5H,1-3H3,(H,10,11,12). The number of carbonyl (C=O) groups is 1. The minimum atomic E-state index is -0.784. The lowest BCUT2D eigenvalue weighted by Crippen LogP contribution is -2.28. The zero-order valence-corrected chi connectivity index (χ0v) is 10.0. The summed E-state index contributed by atoms with van der Waals surface area (Å²) in [4.78, 5) is 28.8. The molecule has 0 fully saturated rings. The summed E-state index contributed by atoms with van der Waals surface area (Å²) in [5, 5.41) is 13.5. The van der Waals surface area contributed by atoms with Gasteiger partial charge in [0.25, 0.3) is 5.88 Å². The lowest BCUT2D eigenvalue weighted by atomic mass is 10.3. The lowest BCUT2D eigenvalue weighted by Gasteiger charge is -2.12. The van der Waals surface area contributed by atoms with Gasteiger partial charge >= 0.3 is 11.7 Å². The molecule has 0 saturated carbocycles. The monoisotopic (exact) mass is 256 g/mol. The number of aromatic nitrogens is 2. The van der Waals surface area contributed by atoms with Crippen molar-refractivity contribution in [1.82, 2.24) is 9.97 Å². The van der Waals surface area contributed by atoms with Gasteiger partial charge in [-0.05, 0) is 6.92 Å². The molecule has 0 radical (unpaired) electrons. The van der Waals surface area contributed by atoms with E-state index in [0.29, 0.717) is 0 Å². The van der Waals surface area contributed by atoms with Gasteiger partial charge in [0.1, 0.15) is 12.4 Å². The van der Waals surface area contributed by atoms with Crippen LogP contribution in [0.2, 0.25) is 0 Å². The van der Waals surface area contributed by atoms with Gasteiger partial charge < -0.3 is 14.8 Å². The van der Waals surface area contributed by atoms with Crippen molar-refractivity contribution in [2.24, 2.45) is 0 Å². The number of nitrogens with one attached hydrogen (secondary N) is 1. The van der Waals surface area contributed by atoms with Crippen molar-refractivity contribution < 1.29 is 19.2 Å². The Morgan fingerprint density at radius 3 is 2.67 bits per heavy atom. The van der Waals surface area contributed by atoms with E-state index in [-0.39, 0.29) is 11.7 Å². The number of nitro groups is 1. The number of esters is 1. The van der Waals surface area contributed by atoms with Crippen LogP contribution in [0.25, 0.3) is 0 Å². The van der Waals surface area contributed by atoms with Crippen LogP contribution in [0.3, 0.4) is 0 Å². The molecule has 0 bridgehead atoms. The fourth-order valence-electron chi connectivity index (χ4n) is 1.22. The SMILES string of the molecule is COC(=O)C(C)Nc1ncnc(OC)c1[N+](=O)[O-]. The lowest BCUT2D eigenvalue weighted by molar-refractivity contribution is -0.385. The van der Waals surface area contributed by atoms with Crippen LogP contribution in [0.1, 0.15) is 6.92 Å². The van der Waals surface area contributed by atoms with Gasteiger partial charge in [0.2, 0.25) is 5.82 Å². The Kier molecular flexibility index (Phi) is 4.35. The molecule has 0 spiro atoms. The third-order valence-corrected chi connectivity index (χ3v) is 2.07. The van der Waals surface area contributed by atoms with Gasteiger partial charge in [-0.25, -0.2) is 9.78 Å². The number of ether oxygens (including phenoxy) is 2. The highest BCUT2D eigenvalue weighted by atomic mass is 16.6. The van der Waals surface area contributed by atoms with Crippen molar-refractivity contribution in [2.75, 3.05) is 19.5 Å². The quantitative estimate of drug-likeness (QED) is 0.456. The molecule has 18 heavy (non-hydrogen) atoms. The predicted octanol–water partition coefficient (Wildman–Crippen LogP) is 0.367. The third kappa shape index (κ3) is 2.81. The first-order valence-electron chi connectivity index (χ1n) is 4.89. The topological polar surface area (TPSA) is 116 Å². The van der Waals surface area contributed by atoms with Crippen LogP contribution in [0.15, 0.2) is 6.33 Å². The van der Waals surface area contributed by atoms with Gasteiger partial charge in [0.05, 0.1) is 19.1 Å². The molecule has 9 heteroatoms. The highest BCUT2D eigenvalue weighted by Crippen LogP contribution is 2.30. The summed E-state index contributed by atoms with van der Waals surface area (Å²) in [5.74, 6) is -0.860. The van der Waals surface area contributed by atoms with Gasteiger partial charge in [-0.2, -0.15) is 4.98 Å². The van der Waals surface area contributed by atoms with Crippen molar-refractivity contribution in [1.29, 1.82) is 0 Å². The molecular formula is C9H12N4O5. The van der Waals surface area contributed by atoms with Crippen molar-refractivity contribution in [2.45, 2.75) is 13.0 Å². The summed E-state index contributed by atoms with van der Waals surface area (Å²) in [6, 6.07) is -0.784. The molecule has 0 aliphatic heterocycles. The second-order valence-corrected chi connectivity index (χ2v) is 3.23. The van der Waals surface area contributed by atoms with Gasteiger partial charge in [-0.1, -0.05) is 0 Å².